The summed E-state index contributed by atoms with van der Waals surface area (Å²) < 4.78 is 6.54. The van der Waals surface area contributed by atoms with E-state index in [4.69, 9.17) is 4.42 Å². The molecule has 0 radical (unpaired) electrons. The molecule has 1 atom stereocenters. The fourth-order valence-corrected chi connectivity index (χ4v) is 10.8. The summed E-state index contributed by atoms with van der Waals surface area (Å²) in [7, 11) is 0. The summed E-state index contributed by atoms with van der Waals surface area (Å²) in [5.74, 6) is 0. The van der Waals surface area contributed by atoms with Crippen molar-refractivity contribution in [1.29, 1.82) is 0 Å². The predicted octanol–water partition coefficient (Wildman–Crippen LogP) is 14.7. The lowest BCUT2D eigenvalue weighted by Gasteiger charge is -2.40. The van der Waals surface area contributed by atoms with Gasteiger partial charge in [0.15, 0.2) is 5.58 Å². The summed E-state index contributed by atoms with van der Waals surface area (Å²) in [6, 6.07) is 73.1. The molecule has 1 aliphatic carbocycles. The first-order valence-corrected chi connectivity index (χ1v) is 20.0. The van der Waals surface area contributed by atoms with E-state index in [9.17, 15) is 0 Å². The molecule has 0 saturated heterocycles. The van der Waals surface area contributed by atoms with Gasteiger partial charge in [-0.3, -0.25) is 0 Å². The van der Waals surface area contributed by atoms with E-state index in [1.165, 1.54) is 65.1 Å². The molecule has 2 nitrogen and oxygen atoms in total. The minimum absolute atomic E-state index is 0.430. The van der Waals surface area contributed by atoms with Gasteiger partial charge in [0, 0.05) is 31.9 Å². The van der Waals surface area contributed by atoms with Crippen LogP contribution in [0.4, 0.5) is 17.1 Å². The number of benzene rings is 9. The minimum atomic E-state index is -0.430. The third-order valence-electron chi connectivity index (χ3n) is 11.9. The molecule has 262 valence electrons. The fraction of sp³-hybridized carbons (Fsp3) is 0.0189. The van der Waals surface area contributed by atoms with Crippen molar-refractivity contribution < 1.29 is 4.42 Å². The van der Waals surface area contributed by atoms with Crippen LogP contribution >= 0.6 is 11.8 Å². The highest BCUT2D eigenvalue weighted by atomic mass is 32.2. The Hall–Kier alpha value is -6.81. The number of hydrogen-bond acceptors (Lipinski definition) is 3. The largest absolute Gasteiger partial charge is 0.454 e. The maximum absolute atomic E-state index is 6.54. The Labute approximate surface area is 329 Å². The summed E-state index contributed by atoms with van der Waals surface area (Å²) in [6.07, 6.45) is 0. The van der Waals surface area contributed by atoms with Crippen molar-refractivity contribution in [2.75, 3.05) is 4.90 Å². The first kappa shape index (κ1) is 31.5. The molecule has 56 heavy (non-hydrogen) atoms. The molecule has 0 amide bonds. The van der Waals surface area contributed by atoms with Crippen molar-refractivity contribution in [1.82, 2.24) is 0 Å². The van der Waals surface area contributed by atoms with Crippen LogP contribution in [0.1, 0.15) is 22.3 Å². The zero-order valence-electron chi connectivity index (χ0n) is 30.3. The molecule has 3 heteroatoms. The Morgan fingerprint density at radius 3 is 2.00 bits per heavy atom. The SMILES string of the molecule is c1ccc(N(c2ccc(-c3ccc4c(c3)-c3ccccc3C43c4ccccc4Sc4ccc5ccccc5c43)cc2)c2cccc3c2oc2ccccc23)cc1. The first-order chi connectivity index (χ1) is 27.8. The van der Waals surface area contributed by atoms with Gasteiger partial charge in [0.25, 0.3) is 0 Å². The van der Waals surface area contributed by atoms with E-state index in [1.807, 2.05) is 23.9 Å². The van der Waals surface area contributed by atoms with Crippen molar-refractivity contribution in [3.05, 3.63) is 222 Å². The van der Waals surface area contributed by atoms with Crippen LogP contribution in [0.25, 0.3) is 55.0 Å². The minimum Gasteiger partial charge on any atom is -0.454 e. The number of anilines is 3. The third kappa shape index (κ3) is 4.40. The molecule has 0 fully saturated rings. The van der Waals surface area contributed by atoms with Crippen molar-refractivity contribution in [2.45, 2.75) is 15.2 Å². The van der Waals surface area contributed by atoms with Gasteiger partial charge in [0.2, 0.25) is 0 Å². The standard InChI is InChI=1S/C53H33NOS/c1-2-14-37(15-3-1)54(47-22-12-19-42-41-18-7-10-23-48(41)55-52(42)47)38-29-25-34(26-30-38)36-27-31-45-43(33-36)40-17-6-8-20-44(40)53(45)46-21-9-11-24-49(46)56-50-32-28-35-13-4-5-16-39(35)51(50)53/h1-33H. The number of nitrogens with zero attached hydrogens (tertiary/aromatic N) is 1. The normalized spacial score (nSPS) is 15.1. The zero-order chi connectivity index (χ0) is 36.8. The molecule has 2 heterocycles. The van der Waals surface area contributed by atoms with Gasteiger partial charge in [0.05, 0.1) is 11.1 Å². The summed E-state index contributed by atoms with van der Waals surface area (Å²) >= 11 is 1.90. The van der Waals surface area contributed by atoms with Gasteiger partial charge in [-0.05, 0) is 110 Å². The number of furan rings is 1. The highest BCUT2D eigenvalue weighted by Gasteiger charge is 2.51. The quantitative estimate of drug-likeness (QED) is 0.179. The monoisotopic (exact) mass is 731 g/mol. The zero-order valence-corrected chi connectivity index (χ0v) is 31.1. The van der Waals surface area contributed by atoms with Gasteiger partial charge >= 0.3 is 0 Å². The predicted molar refractivity (Wildman–Crippen MR) is 233 cm³/mol. The molecule has 2 aliphatic rings. The smallest absolute Gasteiger partial charge is 0.159 e. The molecule has 1 aromatic heterocycles. The second-order valence-corrected chi connectivity index (χ2v) is 15.9. The van der Waals surface area contributed by atoms with Crippen molar-refractivity contribution >= 4 is 61.5 Å². The summed E-state index contributed by atoms with van der Waals surface area (Å²) in [5.41, 5.74) is 14.9. The molecule has 1 spiro atoms. The molecule has 9 aromatic carbocycles. The lowest BCUT2D eigenvalue weighted by Crippen LogP contribution is -2.32. The first-order valence-electron chi connectivity index (χ1n) is 19.2. The number of rotatable bonds is 4. The van der Waals surface area contributed by atoms with Crippen LogP contribution in [0.3, 0.4) is 0 Å². The lowest BCUT2D eigenvalue weighted by atomic mass is 9.66. The van der Waals surface area contributed by atoms with Gasteiger partial charge in [-0.1, -0.05) is 157 Å². The van der Waals surface area contributed by atoms with E-state index in [0.717, 1.165) is 39.0 Å². The van der Waals surface area contributed by atoms with Crippen molar-refractivity contribution in [3.8, 4) is 22.3 Å². The highest BCUT2D eigenvalue weighted by Crippen LogP contribution is 2.63. The van der Waals surface area contributed by atoms with E-state index in [-0.39, 0.29) is 0 Å². The van der Waals surface area contributed by atoms with Crippen molar-refractivity contribution in [3.63, 3.8) is 0 Å². The molecule has 0 bridgehead atoms. The maximum Gasteiger partial charge on any atom is 0.159 e. The summed E-state index contributed by atoms with van der Waals surface area (Å²) in [6.45, 7) is 0. The third-order valence-corrected chi connectivity index (χ3v) is 13.1. The van der Waals surface area contributed by atoms with E-state index in [0.29, 0.717) is 0 Å². The molecule has 1 aliphatic heterocycles. The van der Waals surface area contributed by atoms with Gasteiger partial charge in [0.1, 0.15) is 5.58 Å². The van der Waals surface area contributed by atoms with E-state index in [1.54, 1.807) is 0 Å². The molecule has 0 N–H and O–H groups in total. The summed E-state index contributed by atoms with van der Waals surface area (Å²) in [5, 5.41) is 4.83. The molecular weight excluding hydrogens is 699 g/mol. The average Bonchev–Trinajstić information content (AvgIpc) is 3.79. The van der Waals surface area contributed by atoms with Crippen LogP contribution in [0.5, 0.6) is 0 Å². The van der Waals surface area contributed by atoms with Crippen LogP contribution in [0.15, 0.2) is 214 Å². The van der Waals surface area contributed by atoms with E-state index < -0.39 is 5.41 Å². The number of fused-ring (bicyclic) bond motifs is 14. The molecule has 0 saturated carbocycles. The fourth-order valence-electron chi connectivity index (χ4n) is 9.58. The van der Waals surface area contributed by atoms with E-state index >= 15 is 0 Å². The Bertz CT molecular complexity index is 3180. The van der Waals surface area contributed by atoms with Crippen LogP contribution in [0, 0.1) is 0 Å². The van der Waals surface area contributed by atoms with Gasteiger partial charge in [-0.15, -0.1) is 0 Å². The Kier molecular flexibility index (Phi) is 6.81. The molecule has 1 unspecified atom stereocenters. The number of hydrogen-bond donors (Lipinski definition) is 0. The van der Waals surface area contributed by atoms with E-state index in [2.05, 4.69) is 193 Å². The topological polar surface area (TPSA) is 16.4 Å². The lowest BCUT2D eigenvalue weighted by molar-refractivity contribution is 0.669. The van der Waals surface area contributed by atoms with Crippen LogP contribution < -0.4 is 4.90 Å². The van der Waals surface area contributed by atoms with Crippen LogP contribution in [-0.2, 0) is 5.41 Å². The molecule has 10 aromatic rings. The van der Waals surface area contributed by atoms with Crippen LogP contribution in [-0.4, -0.2) is 0 Å². The summed E-state index contributed by atoms with van der Waals surface area (Å²) in [4.78, 5) is 4.95. The van der Waals surface area contributed by atoms with Gasteiger partial charge in [-0.25, -0.2) is 0 Å². The second-order valence-electron chi connectivity index (χ2n) is 14.8. The Morgan fingerprint density at radius 2 is 1.11 bits per heavy atom. The Morgan fingerprint density at radius 1 is 0.429 bits per heavy atom. The van der Waals surface area contributed by atoms with Gasteiger partial charge in [-0.2, -0.15) is 0 Å². The second kappa shape index (κ2) is 12.1. The van der Waals surface area contributed by atoms with Crippen molar-refractivity contribution in [2.24, 2.45) is 0 Å². The highest BCUT2D eigenvalue weighted by molar-refractivity contribution is 7.99. The molecule has 12 rings (SSSR count). The number of para-hydroxylation sites is 3. The molecular formula is C53H33NOS. The Balaban J connectivity index is 1.02. The average molecular weight is 732 g/mol. The maximum atomic E-state index is 6.54. The van der Waals surface area contributed by atoms with Crippen LogP contribution in [0.2, 0.25) is 0 Å². The van der Waals surface area contributed by atoms with Gasteiger partial charge < -0.3 is 9.32 Å².